The first-order valence-corrected chi connectivity index (χ1v) is 7.94. The zero-order valence-electron chi connectivity index (χ0n) is 11.5. The molecule has 2 N–H and O–H groups in total. The molecule has 5 nitrogen and oxygen atoms in total. The normalized spacial score (nSPS) is 14.1. The van der Waals surface area contributed by atoms with E-state index in [-0.39, 0.29) is 11.6 Å². The van der Waals surface area contributed by atoms with Gasteiger partial charge in [0, 0.05) is 23.5 Å². The maximum atomic E-state index is 13.0. The van der Waals surface area contributed by atoms with E-state index in [4.69, 9.17) is 5.14 Å². The Morgan fingerprint density at radius 2 is 1.91 bits per heavy atom. The molecule has 3 rings (SSSR count). The quantitative estimate of drug-likeness (QED) is 0.910. The van der Waals surface area contributed by atoms with Crippen molar-refractivity contribution in [2.45, 2.75) is 17.7 Å². The minimum atomic E-state index is -4.49. The van der Waals surface area contributed by atoms with Crippen LogP contribution in [0.4, 0.5) is 13.2 Å². The fraction of sp³-hybridized carbons (Fsp3) is 0.143. The van der Waals surface area contributed by atoms with Crippen molar-refractivity contribution >= 4 is 16.2 Å². The van der Waals surface area contributed by atoms with Gasteiger partial charge in [-0.1, -0.05) is 0 Å². The number of halogens is 3. The zero-order chi connectivity index (χ0) is 16.8. The Labute approximate surface area is 129 Å². The maximum Gasteiger partial charge on any atom is 0.416 e. The third kappa shape index (κ3) is 2.97. The van der Waals surface area contributed by atoms with Crippen LogP contribution in [-0.4, -0.2) is 19.6 Å². The van der Waals surface area contributed by atoms with E-state index in [1.807, 2.05) is 0 Å². The molecule has 0 saturated heterocycles. The lowest BCUT2D eigenvalue weighted by atomic mass is 9.95. The molecule has 23 heavy (non-hydrogen) atoms. The summed E-state index contributed by atoms with van der Waals surface area (Å²) in [5, 5.41) is 4.61. The molecule has 1 aliphatic heterocycles. The number of alkyl halides is 3. The third-order valence-electron chi connectivity index (χ3n) is 3.41. The number of hydrogen-bond acceptors (Lipinski definition) is 4. The van der Waals surface area contributed by atoms with E-state index in [1.165, 1.54) is 18.5 Å². The number of benzene rings is 1. The first kappa shape index (κ1) is 15.6. The van der Waals surface area contributed by atoms with Gasteiger partial charge in [-0.2, -0.15) is 13.2 Å². The molecule has 1 aromatic carbocycles. The van der Waals surface area contributed by atoms with Gasteiger partial charge in [0.1, 0.15) is 0 Å². The molecule has 0 amide bonds. The first-order valence-electron chi connectivity index (χ1n) is 6.39. The number of nitrogens with two attached hydrogens (primary N) is 1. The van der Waals surface area contributed by atoms with Crippen molar-refractivity contribution in [1.29, 1.82) is 0 Å². The van der Waals surface area contributed by atoms with E-state index in [0.29, 0.717) is 22.3 Å². The highest BCUT2D eigenvalue weighted by atomic mass is 32.2. The molecule has 2 aromatic rings. The minimum absolute atomic E-state index is 0.176. The fourth-order valence-electron chi connectivity index (χ4n) is 2.34. The predicted molar refractivity (Wildman–Crippen MR) is 77.3 cm³/mol. The SMILES string of the molecule is NS(=O)(=O)c1ccc(-c2cc(C(F)(F)F)cc3c2C=NC3)cn1. The van der Waals surface area contributed by atoms with Gasteiger partial charge >= 0.3 is 6.18 Å². The standard InChI is InChI=1S/C14H10F3N3O2S/c15-14(16,17)10-3-9-5-19-7-12(9)11(4-10)8-1-2-13(20-6-8)23(18,21)22/h1-4,6-7H,5H2,(H2,18,21,22). The number of nitrogens with zero attached hydrogens (tertiary/aromatic N) is 2. The Morgan fingerprint density at radius 1 is 1.17 bits per heavy atom. The van der Waals surface area contributed by atoms with Crippen LogP contribution in [0.25, 0.3) is 11.1 Å². The average molecular weight is 341 g/mol. The Balaban J connectivity index is 2.16. The van der Waals surface area contributed by atoms with Gasteiger partial charge in [0.15, 0.2) is 5.03 Å². The van der Waals surface area contributed by atoms with E-state index >= 15 is 0 Å². The lowest BCUT2D eigenvalue weighted by Gasteiger charge is -2.13. The van der Waals surface area contributed by atoms with Crippen LogP contribution in [0, 0.1) is 0 Å². The molecule has 0 atom stereocenters. The molecule has 2 heterocycles. The van der Waals surface area contributed by atoms with Crippen molar-refractivity contribution < 1.29 is 21.6 Å². The maximum absolute atomic E-state index is 13.0. The largest absolute Gasteiger partial charge is 0.416 e. The van der Waals surface area contributed by atoms with Gasteiger partial charge in [0.2, 0.25) is 0 Å². The fourth-order valence-corrected chi connectivity index (χ4v) is 2.80. The molecular formula is C14H10F3N3O2S. The highest BCUT2D eigenvalue weighted by Gasteiger charge is 2.32. The van der Waals surface area contributed by atoms with Crippen molar-refractivity contribution in [1.82, 2.24) is 4.98 Å². The van der Waals surface area contributed by atoms with Crippen LogP contribution in [0.15, 0.2) is 40.5 Å². The summed E-state index contributed by atoms with van der Waals surface area (Å²) in [5.74, 6) is 0. The van der Waals surface area contributed by atoms with Crippen molar-refractivity contribution in [2.75, 3.05) is 0 Å². The molecule has 0 spiro atoms. The van der Waals surface area contributed by atoms with Crippen molar-refractivity contribution in [3.8, 4) is 11.1 Å². The van der Waals surface area contributed by atoms with Crippen LogP contribution >= 0.6 is 0 Å². The van der Waals surface area contributed by atoms with Gasteiger partial charge in [0.25, 0.3) is 10.0 Å². The number of primary sulfonamides is 1. The second-order valence-corrected chi connectivity index (χ2v) is 6.50. The number of pyridine rings is 1. The second kappa shape index (κ2) is 5.14. The molecule has 0 radical (unpaired) electrons. The lowest BCUT2D eigenvalue weighted by Crippen LogP contribution is -2.13. The molecule has 120 valence electrons. The van der Waals surface area contributed by atoms with Gasteiger partial charge < -0.3 is 0 Å². The number of fused-ring (bicyclic) bond motifs is 1. The molecule has 1 aliphatic rings. The van der Waals surface area contributed by atoms with Crippen LogP contribution in [0.2, 0.25) is 0 Å². The Bertz CT molecular complexity index is 904. The molecule has 0 saturated carbocycles. The summed E-state index contributed by atoms with van der Waals surface area (Å²) in [6, 6.07) is 4.60. The summed E-state index contributed by atoms with van der Waals surface area (Å²) in [6.45, 7) is 0.176. The summed E-state index contributed by atoms with van der Waals surface area (Å²) >= 11 is 0. The van der Waals surface area contributed by atoms with E-state index in [2.05, 4.69) is 9.98 Å². The van der Waals surface area contributed by atoms with Crippen molar-refractivity contribution in [3.63, 3.8) is 0 Å². The molecule has 0 bridgehead atoms. The zero-order valence-corrected chi connectivity index (χ0v) is 12.3. The van der Waals surface area contributed by atoms with Gasteiger partial charge in [-0.15, -0.1) is 0 Å². The molecule has 9 heteroatoms. The van der Waals surface area contributed by atoms with E-state index in [0.717, 1.165) is 18.2 Å². The van der Waals surface area contributed by atoms with Crippen LogP contribution < -0.4 is 5.14 Å². The minimum Gasteiger partial charge on any atom is -0.288 e. The van der Waals surface area contributed by atoms with Crippen LogP contribution in [-0.2, 0) is 22.7 Å². The number of aliphatic imine (C=N–C) groups is 1. The van der Waals surface area contributed by atoms with Crippen molar-refractivity contribution in [3.05, 3.63) is 47.2 Å². The monoisotopic (exact) mass is 341 g/mol. The van der Waals surface area contributed by atoms with Crippen molar-refractivity contribution in [2.24, 2.45) is 10.1 Å². The lowest BCUT2D eigenvalue weighted by molar-refractivity contribution is -0.137. The summed E-state index contributed by atoms with van der Waals surface area (Å²) in [5.41, 5.74) is 0.901. The van der Waals surface area contributed by atoms with E-state index in [9.17, 15) is 21.6 Å². The summed E-state index contributed by atoms with van der Waals surface area (Å²) < 4.78 is 61.5. The van der Waals surface area contributed by atoms with Gasteiger partial charge in [-0.25, -0.2) is 18.5 Å². The number of rotatable bonds is 2. The number of sulfonamides is 1. The first-order chi connectivity index (χ1) is 10.7. The van der Waals surface area contributed by atoms with Gasteiger partial charge in [-0.05, 0) is 35.4 Å². The molecule has 0 fully saturated rings. The second-order valence-electron chi connectivity index (χ2n) is 4.99. The molecular weight excluding hydrogens is 331 g/mol. The highest BCUT2D eigenvalue weighted by molar-refractivity contribution is 7.89. The van der Waals surface area contributed by atoms with E-state index < -0.39 is 21.8 Å². The van der Waals surface area contributed by atoms with Crippen LogP contribution in [0.1, 0.15) is 16.7 Å². The smallest absolute Gasteiger partial charge is 0.288 e. The molecule has 1 aromatic heterocycles. The summed E-state index contributed by atoms with van der Waals surface area (Å²) in [4.78, 5) is 7.69. The third-order valence-corrected chi connectivity index (χ3v) is 4.24. The predicted octanol–water partition coefficient (Wildman–Crippen LogP) is 2.35. The Kier molecular flexibility index (Phi) is 3.49. The highest BCUT2D eigenvalue weighted by Crippen LogP contribution is 2.36. The van der Waals surface area contributed by atoms with Gasteiger partial charge in [-0.3, -0.25) is 4.99 Å². The number of hydrogen-bond donors (Lipinski definition) is 1. The Hall–Kier alpha value is -2.26. The molecule has 0 aliphatic carbocycles. The van der Waals surface area contributed by atoms with Crippen LogP contribution in [0.3, 0.4) is 0 Å². The summed E-state index contributed by atoms with van der Waals surface area (Å²) in [7, 11) is -3.96. The Morgan fingerprint density at radius 3 is 2.48 bits per heavy atom. The van der Waals surface area contributed by atoms with Crippen LogP contribution in [0.5, 0.6) is 0 Å². The van der Waals surface area contributed by atoms with Gasteiger partial charge in [0.05, 0.1) is 12.1 Å². The molecule has 0 unspecified atom stereocenters. The topological polar surface area (TPSA) is 85.4 Å². The average Bonchev–Trinajstić information content (AvgIpc) is 2.93. The summed E-state index contributed by atoms with van der Waals surface area (Å²) in [6.07, 6.45) is -1.81. The van der Waals surface area contributed by atoms with E-state index in [1.54, 1.807) is 0 Å². The number of aromatic nitrogens is 1.